The highest BCUT2D eigenvalue weighted by molar-refractivity contribution is 6.02. The highest BCUT2D eigenvalue weighted by Crippen LogP contribution is 2.24. The molecule has 8 nitrogen and oxygen atoms in total. The van der Waals surface area contributed by atoms with Crippen molar-refractivity contribution >= 4 is 29.3 Å². The fourth-order valence-electron chi connectivity index (χ4n) is 2.82. The van der Waals surface area contributed by atoms with Gasteiger partial charge in [-0.25, -0.2) is 4.79 Å². The van der Waals surface area contributed by atoms with E-state index in [9.17, 15) is 14.4 Å². The molecular formula is C22H28N4O4. The second-order valence-corrected chi connectivity index (χ2v) is 6.84. The number of carbonyl (C=O) groups excluding carboxylic acids is 3. The van der Waals surface area contributed by atoms with Crippen molar-refractivity contribution in [3.63, 3.8) is 0 Å². The lowest BCUT2D eigenvalue weighted by Crippen LogP contribution is -2.34. The third-order valence-corrected chi connectivity index (χ3v) is 4.33. The normalized spacial score (nSPS) is 11.2. The number of amides is 3. The zero-order valence-electron chi connectivity index (χ0n) is 17.7. The van der Waals surface area contributed by atoms with Gasteiger partial charge >= 0.3 is 12.0 Å². The Hall–Kier alpha value is -3.55. The van der Waals surface area contributed by atoms with Gasteiger partial charge in [-0.15, -0.1) is 0 Å². The molecule has 160 valence electrons. The number of urea groups is 1. The standard InChI is InChI=1S/C22H28N4O4/c1-5-30-20(27)14-23-22(29)25-17-11-12-19(26(3)4)18(13-17)21(28)24-15(2)16-9-7-6-8-10-16/h6-13,15H,5,14H2,1-4H3,(H,24,28)(H2,23,25,29). The van der Waals surface area contributed by atoms with E-state index >= 15 is 0 Å². The van der Waals surface area contributed by atoms with Gasteiger partial charge in [-0.05, 0) is 37.6 Å². The van der Waals surface area contributed by atoms with Gasteiger partial charge in [0.25, 0.3) is 5.91 Å². The molecule has 8 heteroatoms. The van der Waals surface area contributed by atoms with E-state index in [4.69, 9.17) is 4.74 Å². The average Bonchev–Trinajstić information content (AvgIpc) is 2.72. The van der Waals surface area contributed by atoms with Gasteiger partial charge in [-0.3, -0.25) is 9.59 Å². The fraction of sp³-hybridized carbons (Fsp3) is 0.318. The van der Waals surface area contributed by atoms with Crippen LogP contribution in [-0.2, 0) is 9.53 Å². The summed E-state index contributed by atoms with van der Waals surface area (Å²) in [7, 11) is 3.68. The van der Waals surface area contributed by atoms with Crippen molar-refractivity contribution in [2.75, 3.05) is 37.5 Å². The lowest BCUT2D eigenvalue weighted by molar-refractivity contribution is -0.141. The topological polar surface area (TPSA) is 99.8 Å². The monoisotopic (exact) mass is 412 g/mol. The summed E-state index contributed by atoms with van der Waals surface area (Å²) in [5, 5.41) is 8.04. The van der Waals surface area contributed by atoms with Gasteiger partial charge in [0, 0.05) is 25.5 Å². The van der Waals surface area contributed by atoms with E-state index in [2.05, 4.69) is 16.0 Å². The van der Waals surface area contributed by atoms with Crippen LogP contribution in [0.2, 0.25) is 0 Å². The molecule has 0 aromatic heterocycles. The zero-order chi connectivity index (χ0) is 22.1. The number of hydrogen-bond acceptors (Lipinski definition) is 5. The minimum Gasteiger partial charge on any atom is -0.465 e. The summed E-state index contributed by atoms with van der Waals surface area (Å²) in [4.78, 5) is 38.2. The van der Waals surface area contributed by atoms with Crippen molar-refractivity contribution in [1.82, 2.24) is 10.6 Å². The Morgan fingerprint density at radius 1 is 1.07 bits per heavy atom. The average molecular weight is 412 g/mol. The third kappa shape index (κ3) is 6.51. The molecule has 0 aliphatic rings. The lowest BCUT2D eigenvalue weighted by atomic mass is 10.1. The summed E-state index contributed by atoms with van der Waals surface area (Å²) >= 11 is 0. The minimum atomic E-state index is -0.565. The number of anilines is 2. The van der Waals surface area contributed by atoms with Crippen LogP contribution >= 0.6 is 0 Å². The Balaban J connectivity index is 2.12. The van der Waals surface area contributed by atoms with Crippen molar-refractivity contribution in [3.8, 4) is 0 Å². The lowest BCUT2D eigenvalue weighted by Gasteiger charge is -2.20. The van der Waals surface area contributed by atoms with Crippen LogP contribution < -0.4 is 20.9 Å². The van der Waals surface area contributed by atoms with Crippen molar-refractivity contribution in [1.29, 1.82) is 0 Å². The summed E-state index contributed by atoms with van der Waals surface area (Å²) in [6.07, 6.45) is 0. The predicted molar refractivity (Wildman–Crippen MR) is 117 cm³/mol. The Bertz CT molecular complexity index is 884. The number of ether oxygens (including phenoxy) is 1. The number of esters is 1. The molecule has 0 spiro atoms. The maximum atomic E-state index is 13.0. The number of nitrogens with zero attached hydrogens (tertiary/aromatic N) is 1. The van der Waals surface area contributed by atoms with Gasteiger partial charge in [-0.1, -0.05) is 30.3 Å². The molecule has 0 radical (unpaired) electrons. The molecule has 0 heterocycles. The van der Waals surface area contributed by atoms with E-state index in [0.717, 1.165) is 5.56 Å². The minimum absolute atomic E-state index is 0.182. The van der Waals surface area contributed by atoms with Gasteiger partial charge in [-0.2, -0.15) is 0 Å². The Labute approximate surface area is 176 Å². The second-order valence-electron chi connectivity index (χ2n) is 6.84. The van der Waals surface area contributed by atoms with Crippen molar-refractivity contribution in [3.05, 3.63) is 59.7 Å². The van der Waals surface area contributed by atoms with E-state index in [0.29, 0.717) is 16.9 Å². The van der Waals surface area contributed by atoms with Gasteiger partial charge in [0.2, 0.25) is 0 Å². The van der Waals surface area contributed by atoms with Gasteiger partial charge in [0.1, 0.15) is 6.54 Å². The quantitative estimate of drug-likeness (QED) is 0.579. The van der Waals surface area contributed by atoms with Crippen LogP contribution in [0, 0.1) is 0 Å². The predicted octanol–water partition coefficient (Wildman–Crippen LogP) is 2.93. The van der Waals surface area contributed by atoms with Crippen LogP contribution in [-0.4, -0.2) is 45.2 Å². The van der Waals surface area contributed by atoms with E-state index in [-0.39, 0.29) is 25.1 Å². The summed E-state index contributed by atoms with van der Waals surface area (Å²) in [6, 6.07) is 14.0. The Kier molecular flexibility index (Phi) is 8.22. The van der Waals surface area contributed by atoms with Gasteiger partial charge in [0.15, 0.2) is 0 Å². The van der Waals surface area contributed by atoms with Gasteiger partial charge in [0.05, 0.1) is 18.2 Å². The second kappa shape index (κ2) is 10.8. The first kappa shape index (κ1) is 22.7. The summed E-state index contributed by atoms with van der Waals surface area (Å²) in [5.74, 6) is -0.781. The number of benzene rings is 2. The van der Waals surface area contributed by atoms with Crippen LogP contribution in [0.4, 0.5) is 16.2 Å². The third-order valence-electron chi connectivity index (χ3n) is 4.33. The molecule has 1 unspecified atom stereocenters. The number of rotatable bonds is 8. The molecular weight excluding hydrogens is 384 g/mol. The molecule has 3 N–H and O–H groups in total. The largest absolute Gasteiger partial charge is 0.465 e. The Morgan fingerprint density at radius 3 is 2.40 bits per heavy atom. The summed E-state index contributed by atoms with van der Waals surface area (Å²) in [5.41, 5.74) is 2.56. The molecule has 0 fully saturated rings. The highest BCUT2D eigenvalue weighted by Gasteiger charge is 2.17. The molecule has 0 saturated carbocycles. The first-order valence-electron chi connectivity index (χ1n) is 9.69. The summed E-state index contributed by atoms with van der Waals surface area (Å²) < 4.78 is 4.77. The molecule has 1 atom stereocenters. The smallest absolute Gasteiger partial charge is 0.325 e. The number of carbonyl (C=O) groups is 3. The molecule has 3 amide bonds. The van der Waals surface area contributed by atoms with Crippen molar-refractivity contribution < 1.29 is 19.1 Å². The summed E-state index contributed by atoms with van der Waals surface area (Å²) in [6.45, 7) is 3.61. The maximum Gasteiger partial charge on any atom is 0.325 e. The van der Waals surface area contributed by atoms with E-state index in [1.54, 1.807) is 25.1 Å². The van der Waals surface area contributed by atoms with Crippen molar-refractivity contribution in [2.45, 2.75) is 19.9 Å². The fourth-order valence-corrected chi connectivity index (χ4v) is 2.82. The van der Waals surface area contributed by atoms with E-state index in [1.165, 1.54) is 0 Å². The maximum absolute atomic E-state index is 13.0. The van der Waals surface area contributed by atoms with Crippen LogP contribution in [0.5, 0.6) is 0 Å². The van der Waals surface area contributed by atoms with Gasteiger partial charge < -0.3 is 25.6 Å². The molecule has 0 saturated heterocycles. The first-order valence-corrected chi connectivity index (χ1v) is 9.69. The molecule has 0 bridgehead atoms. The van der Waals surface area contributed by atoms with Crippen molar-refractivity contribution in [2.24, 2.45) is 0 Å². The molecule has 30 heavy (non-hydrogen) atoms. The van der Waals surface area contributed by atoms with Crippen LogP contribution in [0.1, 0.15) is 35.8 Å². The molecule has 0 aliphatic heterocycles. The van der Waals surface area contributed by atoms with E-state index in [1.807, 2.05) is 56.3 Å². The Morgan fingerprint density at radius 2 is 1.77 bits per heavy atom. The number of hydrogen-bond donors (Lipinski definition) is 3. The van der Waals surface area contributed by atoms with E-state index < -0.39 is 12.0 Å². The SMILES string of the molecule is CCOC(=O)CNC(=O)Nc1ccc(N(C)C)c(C(=O)NC(C)c2ccccc2)c1. The zero-order valence-corrected chi connectivity index (χ0v) is 17.7. The molecule has 2 aromatic carbocycles. The van der Waals surface area contributed by atoms with Crippen LogP contribution in [0.25, 0.3) is 0 Å². The molecule has 0 aliphatic carbocycles. The molecule has 2 rings (SSSR count). The van der Waals surface area contributed by atoms with Crippen LogP contribution in [0.15, 0.2) is 48.5 Å². The van der Waals surface area contributed by atoms with Crippen LogP contribution in [0.3, 0.4) is 0 Å². The molecule has 2 aromatic rings. The number of nitrogens with one attached hydrogen (secondary N) is 3. The highest BCUT2D eigenvalue weighted by atomic mass is 16.5. The first-order chi connectivity index (χ1) is 14.3.